The van der Waals surface area contributed by atoms with Gasteiger partial charge in [-0.3, -0.25) is 0 Å². The second-order valence-corrected chi connectivity index (χ2v) is 4.15. The highest BCUT2D eigenvalue weighted by atomic mass is 79.9. The van der Waals surface area contributed by atoms with Gasteiger partial charge in [-0.05, 0) is 36.4 Å². The highest BCUT2D eigenvalue weighted by Gasteiger charge is 1.98. The largest absolute Gasteiger partial charge is 0.497 e. The Bertz CT molecular complexity index is 466. The topological polar surface area (TPSA) is 18.5 Å². The predicted molar refractivity (Wildman–Crippen MR) is 67.2 cm³/mol. The summed E-state index contributed by atoms with van der Waals surface area (Å²) in [7, 11) is 1.64. The zero-order valence-electron chi connectivity index (χ0n) is 8.81. The molecule has 0 atom stereocenters. The molecule has 0 saturated carbocycles. The molecule has 16 heavy (non-hydrogen) atoms. The first-order valence-corrected chi connectivity index (χ1v) is 5.65. The molecule has 0 N–H and O–H groups in total. The number of hydrogen-bond acceptors (Lipinski definition) is 2. The summed E-state index contributed by atoms with van der Waals surface area (Å²) in [6.07, 6.45) is 0. The Hall–Kier alpha value is -1.48. The molecule has 0 heterocycles. The van der Waals surface area contributed by atoms with E-state index in [-0.39, 0.29) is 0 Å². The maximum atomic E-state index is 5.68. The average Bonchev–Trinajstić information content (AvgIpc) is 2.32. The zero-order valence-corrected chi connectivity index (χ0v) is 10.4. The number of benzene rings is 2. The Morgan fingerprint density at radius 1 is 0.875 bits per heavy atom. The predicted octanol–water partition coefficient (Wildman–Crippen LogP) is 4.25. The van der Waals surface area contributed by atoms with Crippen LogP contribution in [0.15, 0.2) is 53.0 Å². The fourth-order valence-corrected chi connectivity index (χ4v) is 1.57. The second-order valence-electron chi connectivity index (χ2n) is 3.23. The molecule has 82 valence electrons. The van der Waals surface area contributed by atoms with Gasteiger partial charge in [0.1, 0.15) is 17.2 Å². The number of hydrogen-bond donors (Lipinski definition) is 0. The minimum Gasteiger partial charge on any atom is -0.497 e. The maximum Gasteiger partial charge on any atom is 0.131 e. The number of methoxy groups -OCH3 is 1. The van der Waals surface area contributed by atoms with Gasteiger partial charge in [0, 0.05) is 10.5 Å². The van der Waals surface area contributed by atoms with Crippen LogP contribution in [0.1, 0.15) is 0 Å². The quantitative estimate of drug-likeness (QED) is 0.836. The third-order valence-electron chi connectivity index (χ3n) is 2.09. The Labute approximate surface area is 103 Å². The Kier molecular flexibility index (Phi) is 3.47. The van der Waals surface area contributed by atoms with Crippen molar-refractivity contribution >= 4 is 15.9 Å². The molecule has 0 bridgehead atoms. The fraction of sp³-hybridized carbons (Fsp3) is 0.0769. The van der Waals surface area contributed by atoms with Crippen LogP contribution in [0.3, 0.4) is 0 Å². The molecule has 2 nitrogen and oxygen atoms in total. The van der Waals surface area contributed by atoms with E-state index in [1.54, 1.807) is 7.11 Å². The van der Waals surface area contributed by atoms with E-state index in [1.807, 2.05) is 48.5 Å². The third kappa shape index (κ3) is 2.76. The second kappa shape index (κ2) is 5.03. The number of halogens is 1. The Morgan fingerprint density at radius 2 is 1.56 bits per heavy atom. The molecule has 0 aromatic heterocycles. The molecule has 2 rings (SSSR count). The van der Waals surface area contributed by atoms with Gasteiger partial charge >= 0.3 is 0 Å². The van der Waals surface area contributed by atoms with Crippen molar-refractivity contribution in [2.75, 3.05) is 7.11 Å². The lowest BCUT2D eigenvalue weighted by Gasteiger charge is -2.07. The van der Waals surface area contributed by atoms with Crippen LogP contribution < -0.4 is 9.47 Å². The summed E-state index contributed by atoms with van der Waals surface area (Å²) in [6, 6.07) is 15.2. The van der Waals surface area contributed by atoms with E-state index in [0.29, 0.717) is 0 Å². The average molecular weight is 279 g/mol. The molecule has 0 aliphatic rings. The van der Waals surface area contributed by atoms with Gasteiger partial charge < -0.3 is 9.47 Å². The van der Waals surface area contributed by atoms with Crippen molar-refractivity contribution in [2.24, 2.45) is 0 Å². The Balaban J connectivity index is 2.16. The van der Waals surface area contributed by atoms with Gasteiger partial charge in [0.15, 0.2) is 0 Å². The third-order valence-corrected chi connectivity index (χ3v) is 2.62. The van der Waals surface area contributed by atoms with E-state index in [4.69, 9.17) is 9.47 Å². The van der Waals surface area contributed by atoms with Crippen molar-refractivity contribution in [1.29, 1.82) is 0 Å². The first-order valence-electron chi connectivity index (χ1n) is 4.85. The smallest absolute Gasteiger partial charge is 0.131 e. The molecule has 0 amide bonds. The monoisotopic (exact) mass is 278 g/mol. The molecule has 0 saturated heterocycles. The highest BCUT2D eigenvalue weighted by molar-refractivity contribution is 9.10. The van der Waals surface area contributed by atoms with E-state index in [0.717, 1.165) is 21.7 Å². The SMILES string of the molecule is COc1cccc(Oc2ccc(Br)cc2)c1. The fourth-order valence-electron chi connectivity index (χ4n) is 1.30. The summed E-state index contributed by atoms with van der Waals surface area (Å²) in [4.78, 5) is 0. The molecule has 2 aromatic carbocycles. The lowest BCUT2D eigenvalue weighted by Crippen LogP contribution is -1.86. The van der Waals surface area contributed by atoms with E-state index in [2.05, 4.69) is 15.9 Å². The maximum absolute atomic E-state index is 5.68. The minimum absolute atomic E-state index is 0.765. The molecule has 0 spiro atoms. The molecular weight excluding hydrogens is 268 g/mol. The van der Waals surface area contributed by atoms with Crippen LogP contribution in [0.4, 0.5) is 0 Å². The van der Waals surface area contributed by atoms with Gasteiger partial charge in [-0.2, -0.15) is 0 Å². The number of rotatable bonds is 3. The standard InChI is InChI=1S/C13H11BrO2/c1-15-12-3-2-4-13(9-12)16-11-7-5-10(14)6-8-11/h2-9H,1H3. The normalized spacial score (nSPS) is 9.88. The van der Waals surface area contributed by atoms with E-state index < -0.39 is 0 Å². The molecular formula is C13H11BrO2. The molecule has 3 heteroatoms. The molecule has 0 fully saturated rings. The van der Waals surface area contributed by atoms with Gasteiger partial charge in [0.05, 0.1) is 7.11 Å². The first-order chi connectivity index (χ1) is 7.78. The van der Waals surface area contributed by atoms with Crippen LogP contribution in [-0.2, 0) is 0 Å². The molecule has 0 aliphatic carbocycles. The van der Waals surface area contributed by atoms with Crippen LogP contribution in [0, 0.1) is 0 Å². The molecule has 2 aromatic rings. The molecule has 0 aliphatic heterocycles. The van der Waals surface area contributed by atoms with Crippen LogP contribution in [0.25, 0.3) is 0 Å². The molecule has 0 unspecified atom stereocenters. The van der Waals surface area contributed by atoms with Crippen molar-refractivity contribution in [3.8, 4) is 17.2 Å². The van der Waals surface area contributed by atoms with Crippen LogP contribution in [-0.4, -0.2) is 7.11 Å². The van der Waals surface area contributed by atoms with Crippen molar-refractivity contribution in [3.63, 3.8) is 0 Å². The van der Waals surface area contributed by atoms with Crippen LogP contribution in [0.2, 0.25) is 0 Å². The summed E-state index contributed by atoms with van der Waals surface area (Å²) in [5.74, 6) is 2.35. The van der Waals surface area contributed by atoms with Crippen molar-refractivity contribution in [1.82, 2.24) is 0 Å². The van der Waals surface area contributed by atoms with Crippen LogP contribution in [0.5, 0.6) is 17.2 Å². The summed E-state index contributed by atoms with van der Waals surface area (Å²) >= 11 is 3.38. The minimum atomic E-state index is 0.765. The van der Waals surface area contributed by atoms with E-state index in [1.165, 1.54) is 0 Å². The van der Waals surface area contributed by atoms with E-state index in [9.17, 15) is 0 Å². The van der Waals surface area contributed by atoms with Crippen molar-refractivity contribution < 1.29 is 9.47 Å². The van der Waals surface area contributed by atoms with Crippen molar-refractivity contribution in [2.45, 2.75) is 0 Å². The van der Waals surface area contributed by atoms with Gasteiger partial charge in [-0.25, -0.2) is 0 Å². The Morgan fingerprint density at radius 3 is 2.25 bits per heavy atom. The van der Waals surface area contributed by atoms with Gasteiger partial charge in [-0.1, -0.05) is 22.0 Å². The first kappa shape index (κ1) is 11.0. The zero-order chi connectivity index (χ0) is 11.4. The lowest BCUT2D eigenvalue weighted by atomic mass is 10.3. The van der Waals surface area contributed by atoms with Gasteiger partial charge in [0.2, 0.25) is 0 Å². The highest BCUT2D eigenvalue weighted by Crippen LogP contribution is 2.25. The summed E-state index contributed by atoms with van der Waals surface area (Å²) in [5, 5.41) is 0. The van der Waals surface area contributed by atoms with Gasteiger partial charge in [-0.15, -0.1) is 0 Å². The lowest BCUT2D eigenvalue weighted by molar-refractivity contribution is 0.409. The molecule has 0 radical (unpaired) electrons. The number of ether oxygens (including phenoxy) is 2. The van der Waals surface area contributed by atoms with Crippen LogP contribution >= 0.6 is 15.9 Å². The van der Waals surface area contributed by atoms with Gasteiger partial charge in [0.25, 0.3) is 0 Å². The summed E-state index contributed by atoms with van der Waals surface area (Å²) in [6.45, 7) is 0. The summed E-state index contributed by atoms with van der Waals surface area (Å²) < 4.78 is 11.8. The van der Waals surface area contributed by atoms with Crippen molar-refractivity contribution in [3.05, 3.63) is 53.0 Å². The summed E-state index contributed by atoms with van der Waals surface area (Å²) in [5.41, 5.74) is 0. The van der Waals surface area contributed by atoms with E-state index >= 15 is 0 Å².